The van der Waals surface area contributed by atoms with Crippen molar-refractivity contribution < 1.29 is 19.5 Å². The third-order valence-corrected chi connectivity index (χ3v) is 4.02. The van der Waals surface area contributed by atoms with Gasteiger partial charge in [0.15, 0.2) is 0 Å². The third-order valence-electron chi connectivity index (χ3n) is 3.08. The van der Waals surface area contributed by atoms with Gasteiger partial charge >= 0.3 is 0 Å². The van der Waals surface area contributed by atoms with Crippen molar-refractivity contribution in [1.82, 2.24) is 15.5 Å². The van der Waals surface area contributed by atoms with Crippen molar-refractivity contribution in [1.29, 1.82) is 0 Å². The van der Waals surface area contributed by atoms with E-state index in [4.69, 9.17) is 5.11 Å². The van der Waals surface area contributed by atoms with Crippen LogP contribution in [0.3, 0.4) is 0 Å². The van der Waals surface area contributed by atoms with Crippen LogP contribution in [0.1, 0.15) is 12.8 Å². The summed E-state index contributed by atoms with van der Waals surface area (Å²) in [6.07, 6.45) is 1.13. The van der Waals surface area contributed by atoms with Crippen LogP contribution in [0.2, 0.25) is 0 Å². The van der Waals surface area contributed by atoms with Gasteiger partial charge in [-0.25, -0.2) is 0 Å². The van der Waals surface area contributed by atoms with E-state index in [0.717, 1.165) is 0 Å². The SMILES string of the molecule is CNC(=O)CSCC(=O)NCCN1C(=O)CC[C@@H]1CO. The molecule has 0 radical (unpaired) electrons. The smallest absolute Gasteiger partial charge is 0.230 e. The number of aliphatic hydroxyl groups excluding tert-OH is 1. The lowest BCUT2D eigenvalue weighted by Crippen LogP contribution is -2.41. The van der Waals surface area contributed by atoms with Crippen molar-refractivity contribution in [3.8, 4) is 0 Å². The fourth-order valence-corrected chi connectivity index (χ4v) is 2.68. The van der Waals surface area contributed by atoms with Gasteiger partial charge in [-0.1, -0.05) is 0 Å². The first kappa shape index (κ1) is 16.8. The number of amides is 3. The monoisotopic (exact) mass is 303 g/mol. The average molecular weight is 303 g/mol. The summed E-state index contributed by atoms with van der Waals surface area (Å²) < 4.78 is 0. The third kappa shape index (κ3) is 5.38. The van der Waals surface area contributed by atoms with Crippen LogP contribution < -0.4 is 10.6 Å². The topological polar surface area (TPSA) is 98.7 Å². The molecule has 0 saturated carbocycles. The molecule has 20 heavy (non-hydrogen) atoms. The standard InChI is InChI=1S/C12H21N3O4S/c1-13-10(17)7-20-8-11(18)14-4-5-15-9(6-16)2-3-12(15)19/h9,16H,2-8H2,1H3,(H,13,17)(H,14,18)/t9-/m1/s1. The minimum atomic E-state index is -0.161. The zero-order chi connectivity index (χ0) is 15.0. The Labute approximate surface area is 122 Å². The summed E-state index contributed by atoms with van der Waals surface area (Å²) in [6, 6.07) is -0.123. The normalized spacial score (nSPS) is 18.2. The molecular formula is C12H21N3O4S. The molecule has 0 aromatic heterocycles. The van der Waals surface area contributed by atoms with Gasteiger partial charge in [-0.05, 0) is 6.42 Å². The summed E-state index contributed by atoms with van der Waals surface area (Å²) in [6.45, 7) is 0.735. The van der Waals surface area contributed by atoms with E-state index in [1.54, 1.807) is 11.9 Å². The lowest BCUT2D eigenvalue weighted by atomic mass is 10.2. The van der Waals surface area contributed by atoms with Crippen molar-refractivity contribution >= 4 is 29.5 Å². The number of thioether (sulfide) groups is 1. The molecule has 0 spiro atoms. The Morgan fingerprint density at radius 1 is 1.40 bits per heavy atom. The Bertz CT molecular complexity index is 365. The Kier molecular flexibility index (Phi) is 7.38. The number of hydrogen-bond donors (Lipinski definition) is 3. The van der Waals surface area contributed by atoms with Gasteiger partial charge < -0.3 is 20.6 Å². The van der Waals surface area contributed by atoms with E-state index in [2.05, 4.69) is 10.6 Å². The summed E-state index contributed by atoms with van der Waals surface area (Å²) in [5.41, 5.74) is 0. The van der Waals surface area contributed by atoms with E-state index in [1.165, 1.54) is 11.8 Å². The fraction of sp³-hybridized carbons (Fsp3) is 0.750. The van der Waals surface area contributed by atoms with Gasteiger partial charge in [-0.15, -0.1) is 11.8 Å². The second-order valence-corrected chi connectivity index (χ2v) is 5.46. The van der Waals surface area contributed by atoms with Gasteiger partial charge in [-0.2, -0.15) is 0 Å². The van der Waals surface area contributed by atoms with Gasteiger partial charge in [0.2, 0.25) is 17.7 Å². The van der Waals surface area contributed by atoms with Crippen molar-refractivity contribution in [2.24, 2.45) is 0 Å². The number of aliphatic hydroxyl groups is 1. The molecule has 0 unspecified atom stereocenters. The molecule has 0 aromatic rings. The lowest BCUT2D eigenvalue weighted by Gasteiger charge is -2.23. The minimum absolute atomic E-state index is 0.0206. The first-order valence-electron chi connectivity index (χ1n) is 6.53. The number of likely N-dealkylation sites (tertiary alicyclic amines) is 1. The molecule has 0 bridgehead atoms. The fourth-order valence-electron chi connectivity index (χ4n) is 1.97. The highest BCUT2D eigenvalue weighted by Crippen LogP contribution is 2.17. The van der Waals surface area contributed by atoms with Crippen LogP contribution in [0.4, 0.5) is 0 Å². The highest BCUT2D eigenvalue weighted by atomic mass is 32.2. The van der Waals surface area contributed by atoms with Crippen LogP contribution in [0, 0.1) is 0 Å². The highest BCUT2D eigenvalue weighted by Gasteiger charge is 2.29. The number of carbonyl (C=O) groups is 3. The zero-order valence-corrected chi connectivity index (χ0v) is 12.4. The molecule has 0 aliphatic carbocycles. The van der Waals surface area contributed by atoms with Crippen LogP contribution in [-0.2, 0) is 14.4 Å². The first-order chi connectivity index (χ1) is 9.58. The molecule has 7 nitrogen and oxygen atoms in total. The molecule has 0 aromatic carbocycles. The van der Waals surface area contributed by atoms with E-state index in [-0.39, 0.29) is 41.9 Å². The van der Waals surface area contributed by atoms with Crippen molar-refractivity contribution in [3.05, 3.63) is 0 Å². The first-order valence-corrected chi connectivity index (χ1v) is 7.69. The number of rotatable bonds is 8. The summed E-state index contributed by atoms with van der Waals surface area (Å²) in [5, 5.41) is 14.3. The van der Waals surface area contributed by atoms with E-state index >= 15 is 0 Å². The number of nitrogens with one attached hydrogen (secondary N) is 2. The van der Waals surface area contributed by atoms with E-state index in [0.29, 0.717) is 25.9 Å². The Morgan fingerprint density at radius 3 is 2.75 bits per heavy atom. The summed E-state index contributed by atoms with van der Waals surface area (Å²) >= 11 is 1.24. The Morgan fingerprint density at radius 2 is 2.10 bits per heavy atom. The number of nitrogens with zero attached hydrogens (tertiary/aromatic N) is 1. The van der Waals surface area contributed by atoms with Crippen molar-refractivity contribution in [2.45, 2.75) is 18.9 Å². The second-order valence-electron chi connectivity index (χ2n) is 4.48. The zero-order valence-electron chi connectivity index (χ0n) is 11.6. The Hall–Kier alpha value is -1.28. The van der Waals surface area contributed by atoms with E-state index in [9.17, 15) is 14.4 Å². The molecular weight excluding hydrogens is 282 g/mol. The lowest BCUT2D eigenvalue weighted by molar-refractivity contribution is -0.130. The van der Waals surface area contributed by atoms with Gasteiger partial charge in [0.1, 0.15) is 0 Å². The molecule has 1 aliphatic heterocycles. The predicted molar refractivity (Wildman–Crippen MR) is 76.2 cm³/mol. The molecule has 3 amide bonds. The van der Waals surface area contributed by atoms with Crippen LogP contribution in [0.25, 0.3) is 0 Å². The van der Waals surface area contributed by atoms with Gasteiger partial charge in [0, 0.05) is 26.6 Å². The maximum atomic E-state index is 11.6. The molecule has 1 atom stereocenters. The molecule has 114 valence electrons. The largest absolute Gasteiger partial charge is 0.394 e. The summed E-state index contributed by atoms with van der Waals surface area (Å²) in [4.78, 5) is 35.6. The second kappa shape index (κ2) is 8.80. The van der Waals surface area contributed by atoms with Crippen molar-refractivity contribution in [3.63, 3.8) is 0 Å². The number of hydrogen-bond acceptors (Lipinski definition) is 5. The quantitative estimate of drug-likeness (QED) is 0.510. The Balaban J connectivity index is 2.15. The molecule has 8 heteroatoms. The molecule has 1 rings (SSSR count). The summed E-state index contributed by atoms with van der Waals surface area (Å²) in [7, 11) is 1.55. The van der Waals surface area contributed by atoms with E-state index < -0.39 is 0 Å². The van der Waals surface area contributed by atoms with Gasteiger partial charge in [0.25, 0.3) is 0 Å². The van der Waals surface area contributed by atoms with Crippen LogP contribution in [0.5, 0.6) is 0 Å². The van der Waals surface area contributed by atoms with Crippen LogP contribution in [-0.4, -0.2) is 72.0 Å². The van der Waals surface area contributed by atoms with E-state index in [1.807, 2.05) is 0 Å². The van der Waals surface area contributed by atoms with Crippen LogP contribution in [0.15, 0.2) is 0 Å². The van der Waals surface area contributed by atoms with Gasteiger partial charge in [0.05, 0.1) is 24.2 Å². The van der Waals surface area contributed by atoms with Crippen molar-refractivity contribution in [2.75, 3.05) is 38.2 Å². The molecule has 1 aliphatic rings. The summed E-state index contributed by atoms with van der Waals surface area (Å²) in [5.74, 6) is 0.209. The molecule has 3 N–H and O–H groups in total. The van der Waals surface area contributed by atoms with Crippen LogP contribution >= 0.6 is 11.8 Å². The maximum Gasteiger partial charge on any atom is 0.230 e. The molecule has 1 heterocycles. The maximum absolute atomic E-state index is 11.6. The molecule has 1 saturated heterocycles. The average Bonchev–Trinajstić information content (AvgIpc) is 2.79. The van der Waals surface area contributed by atoms with Gasteiger partial charge in [-0.3, -0.25) is 14.4 Å². The number of carbonyl (C=O) groups excluding carboxylic acids is 3. The molecule has 1 fully saturated rings. The minimum Gasteiger partial charge on any atom is -0.394 e. The highest BCUT2D eigenvalue weighted by molar-refractivity contribution is 8.00. The predicted octanol–water partition coefficient (Wildman–Crippen LogP) is -1.43.